The Labute approximate surface area is 127 Å². The monoisotopic (exact) mass is 290 g/mol. The summed E-state index contributed by atoms with van der Waals surface area (Å²) in [6, 6.07) is 9.70. The number of ether oxygens (including phenoxy) is 1. The highest BCUT2D eigenvalue weighted by atomic mass is 16.5. The van der Waals surface area contributed by atoms with Crippen LogP contribution in [-0.2, 0) is 4.79 Å². The van der Waals surface area contributed by atoms with E-state index in [1.54, 1.807) is 0 Å². The van der Waals surface area contributed by atoms with Crippen LogP contribution in [0.3, 0.4) is 0 Å². The largest absolute Gasteiger partial charge is 0.489 e. The molecule has 0 saturated carbocycles. The van der Waals surface area contributed by atoms with Crippen LogP contribution in [0.15, 0.2) is 30.3 Å². The molecule has 21 heavy (non-hydrogen) atoms. The zero-order chi connectivity index (χ0) is 14.9. The maximum atomic E-state index is 11.9. The van der Waals surface area contributed by atoms with Gasteiger partial charge in [0, 0.05) is 6.42 Å². The molecule has 1 atom stereocenters. The Morgan fingerprint density at radius 2 is 2.05 bits per heavy atom. The van der Waals surface area contributed by atoms with Crippen LogP contribution in [0.5, 0.6) is 5.75 Å². The maximum Gasteiger partial charge on any atom is 0.220 e. The van der Waals surface area contributed by atoms with E-state index in [2.05, 4.69) is 10.6 Å². The van der Waals surface area contributed by atoms with Gasteiger partial charge in [-0.05, 0) is 57.3 Å². The first kappa shape index (κ1) is 15.8. The van der Waals surface area contributed by atoms with Crippen molar-refractivity contribution >= 4 is 5.91 Å². The molecule has 0 radical (unpaired) electrons. The number of nitrogens with one attached hydrogen (secondary N) is 2. The number of piperidine rings is 1. The molecule has 1 unspecified atom stereocenters. The van der Waals surface area contributed by atoms with Crippen LogP contribution >= 0.6 is 0 Å². The average molecular weight is 290 g/mol. The summed E-state index contributed by atoms with van der Waals surface area (Å²) in [5, 5.41) is 6.31. The Morgan fingerprint density at radius 1 is 1.33 bits per heavy atom. The molecule has 0 aliphatic carbocycles. The van der Waals surface area contributed by atoms with Gasteiger partial charge in [-0.3, -0.25) is 4.79 Å². The fraction of sp³-hybridized carbons (Fsp3) is 0.588. The number of hydrogen-bond donors (Lipinski definition) is 2. The van der Waals surface area contributed by atoms with E-state index in [4.69, 9.17) is 4.74 Å². The second-order valence-corrected chi connectivity index (χ2v) is 5.78. The van der Waals surface area contributed by atoms with Gasteiger partial charge < -0.3 is 15.4 Å². The van der Waals surface area contributed by atoms with E-state index in [1.165, 1.54) is 12.8 Å². The third kappa shape index (κ3) is 6.17. The molecule has 1 aromatic rings. The van der Waals surface area contributed by atoms with Crippen molar-refractivity contribution in [3.8, 4) is 5.75 Å². The molecule has 2 rings (SSSR count). The van der Waals surface area contributed by atoms with E-state index in [0.29, 0.717) is 18.9 Å². The molecule has 116 valence electrons. The van der Waals surface area contributed by atoms with Crippen LogP contribution < -0.4 is 15.4 Å². The smallest absolute Gasteiger partial charge is 0.220 e. The summed E-state index contributed by atoms with van der Waals surface area (Å²) in [6.45, 7) is 4.71. The van der Waals surface area contributed by atoms with Crippen molar-refractivity contribution in [1.82, 2.24) is 10.6 Å². The third-order valence-electron chi connectivity index (χ3n) is 3.91. The molecule has 1 aliphatic rings. The minimum Gasteiger partial charge on any atom is -0.489 e. The van der Waals surface area contributed by atoms with Crippen LogP contribution in [0.1, 0.15) is 32.6 Å². The lowest BCUT2D eigenvalue weighted by molar-refractivity contribution is -0.121. The summed E-state index contributed by atoms with van der Waals surface area (Å²) in [4.78, 5) is 11.9. The van der Waals surface area contributed by atoms with E-state index in [0.717, 1.165) is 25.3 Å². The number of benzene rings is 1. The molecule has 0 bridgehead atoms. The standard InChI is InChI=1S/C17H26N2O2/c1-14(21-16-5-3-2-4-6-16)13-19-17(20)8-7-15-9-11-18-12-10-15/h2-6,14-15,18H,7-13H2,1H3,(H,19,20). The number of hydrogen-bond acceptors (Lipinski definition) is 3. The van der Waals surface area contributed by atoms with Gasteiger partial charge in [0.15, 0.2) is 0 Å². The highest BCUT2D eigenvalue weighted by molar-refractivity contribution is 5.75. The molecule has 1 fully saturated rings. The zero-order valence-electron chi connectivity index (χ0n) is 12.8. The predicted molar refractivity (Wildman–Crippen MR) is 84.4 cm³/mol. The average Bonchev–Trinajstić information content (AvgIpc) is 2.53. The quantitative estimate of drug-likeness (QED) is 0.810. The Balaban J connectivity index is 1.59. The van der Waals surface area contributed by atoms with Crippen molar-refractivity contribution in [2.75, 3.05) is 19.6 Å². The predicted octanol–water partition coefficient (Wildman–Crippen LogP) is 2.35. The lowest BCUT2D eigenvalue weighted by Gasteiger charge is -2.22. The van der Waals surface area contributed by atoms with Crippen LogP contribution in [0.2, 0.25) is 0 Å². The maximum absolute atomic E-state index is 11.9. The van der Waals surface area contributed by atoms with Crippen LogP contribution in [0, 0.1) is 5.92 Å². The van der Waals surface area contributed by atoms with Gasteiger partial charge in [0.05, 0.1) is 6.54 Å². The summed E-state index contributed by atoms with van der Waals surface area (Å²) in [5.41, 5.74) is 0. The molecule has 4 nitrogen and oxygen atoms in total. The molecule has 1 aromatic carbocycles. The molecular weight excluding hydrogens is 264 g/mol. The summed E-state index contributed by atoms with van der Waals surface area (Å²) < 4.78 is 5.74. The van der Waals surface area contributed by atoms with Gasteiger partial charge in [-0.2, -0.15) is 0 Å². The molecule has 1 aliphatic heterocycles. The van der Waals surface area contributed by atoms with Crippen molar-refractivity contribution in [1.29, 1.82) is 0 Å². The molecular formula is C17H26N2O2. The van der Waals surface area contributed by atoms with Gasteiger partial charge in [0.1, 0.15) is 11.9 Å². The number of para-hydroxylation sites is 1. The molecule has 0 spiro atoms. The highest BCUT2D eigenvalue weighted by Crippen LogP contribution is 2.17. The van der Waals surface area contributed by atoms with Gasteiger partial charge in [-0.25, -0.2) is 0 Å². The van der Waals surface area contributed by atoms with Crippen molar-refractivity contribution in [3.05, 3.63) is 30.3 Å². The lowest BCUT2D eigenvalue weighted by atomic mass is 9.93. The number of carbonyl (C=O) groups is 1. The highest BCUT2D eigenvalue weighted by Gasteiger charge is 2.14. The van der Waals surface area contributed by atoms with E-state index in [1.807, 2.05) is 37.3 Å². The van der Waals surface area contributed by atoms with Gasteiger partial charge in [0.2, 0.25) is 5.91 Å². The summed E-state index contributed by atoms with van der Waals surface area (Å²) in [7, 11) is 0. The third-order valence-corrected chi connectivity index (χ3v) is 3.91. The van der Waals surface area contributed by atoms with E-state index >= 15 is 0 Å². The van der Waals surface area contributed by atoms with Crippen molar-refractivity contribution in [2.24, 2.45) is 5.92 Å². The van der Waals surface area contributed by atoms with Crippen molar-refractivity contribution in [2.45, 2.75) is 38.7 Å². The molecule has 2 N–H and O–H groups in total. The fourth-order valence-corrected chi connectivity index (χ4v) is 2.62. The summed E-state index contributed by atoms with van der Waals surface area (Å²) >= 11 is 0. The van der Waals surface area contributed by atoms with Gasteiger partial charge in [-0.15, -0.1) is 0 Å². The van der Waals surface area contributed by atoms with E-state index < -0.39 is 0 Å². The molecule has 0 aromatic heterocycles. The normalized spacial score (nSPS) is 17.2. The summed E-state index contributed by atoms with van der Waals surface area (Å²) in [6.07, 6.45) is 4.00. The van der Waals surface area contributed by atoms with Crippen molar-refractivity contribution < 1.29 is 9.53 Å². The fourth-order valence-electron chi connectivity index (χ4n) is 2.62. The second kappa shape index (κ2) is 8.67. The van der Waals surface area contributed by atoms with Gasteiger partial charge in [-0.1, -0.05) is 18.2 Å². The van der Waals surface area contributed by atoms with E-state index in [-0.39, 0.29) is 12.0 Å². The number of carbonyl (C=O) groups excluding carboxylic acids is 1. The molecule has 1 heterocycles. The van der Waals surface area contributed by atoms with Gasteiger partial charge in [0.25, 0.3) is 0 Å². The SMILES string of the molecule is CC(CNC(=O)CCC1CCNCC1)Oc1ccccc1. The lowest BCUT2D eigenvalue weighted by Crippen LogP contribution is -2.34. The van der Waals surface area contributed by atoms with Crippen molar-refractivity contribution in [3.63, 3.8) is 0 Å². The Morgan fingerprint density at radius 3 is 2.76 bits per heavy atom. The number of amides is 1. The molecule has 1 amide bonds. The topological polar surface area (TPSA) is 50.4 Å². The molecule has 1 saturated heterocycles. The van der Waals surface area contributed by atoms with Crippen LogP contribution in [-0.4, -0.2) is 31.6 Å². The van der Waals surface area contributed by atoms with Crippen LogP contribution in [0.4, 0.5) is 0 Å². The zero-order valence-corrected chi connectivity index (χ0v) is 12.8. The minimum atomic E-state index is -0.0183. The van der Waals surface area contributed by atoms with Gasteiger partial charge >= 0.3 is 0 Å². The Kier molecular flexibility index (Phi) is 6.54. The first-order valence-electron chi connectivity index (χ1n) is 7.93. The Bertz CT molecular complexity index is 416. The number of rotatable bonds is 7. The second-order valence-electron chi connectivity index (χ2n) is 5.78. The van der Waals surface area contributed by atoms with E-state index in [9.17, 15) is 4.79 Å². The minimum absolute atomic E-state index is 0.0183. The molecule has 4 heteroatoms. The van der Waals surface area contributed by atoms with Crippen LogP contribution in [0.25, 0.3) is 0 Å². The Hall–Kier alpha value is -1.55. The first-order chi connectivity index (χ1) is 10.2. The summed E-state index contributed by atoms with van der Waals surface area (Å²) in [5.74, 6) is 1.68. The first-order valence-corrected chi connectivity index (χ1v) is 7.93.